The lowest BCUT2D eigenvalue weighted by atomic mass is 9.78. The molecule has 2 amide bonds. The van der Waals surface area contributed by atoms with Gasteiger partial charge in [-0.2, -0.15) is 0 Å². The number of benzene rings is 3. The molecule has 1 fully saturated rings. The number of halogens is 2. The van der Waals surface area contributed by atoms with Crippen LogP contribution in [0.4, 0.5) is 15.8 Å². The minimum Gasteiger partial charge on any atom is -0.329 e. The van der Waals surface area contributed by atoms with E-state index in [1.807, 2.05) is 72.7 Å². The van der Waals surface area contributed by atoms with Gasteiger partial charge in [-0.05, 0) is 74.4 Å². The molecule has 2 unspecified atom stereocenters. The largest absolute Gasteiger partial charge is 0.329 e. The highest BCUT2D eigenvalue weighted by Gasteiger charge is 2.47. The van der Waals surface area contributed by atoms with Crippen molar-refractivity contribution >= 4 is 41.1 Å². The van der Waals surface area contributed by atoms with Gasteiger partial charge in [0.15, 0.2) is 5.78 Å². The van der Waals surface area contributed by atoms with Gasteiger partial charge in [0.1, 0.15) is 5.82 Å². The Morgan fingerprint density at radius 2 is 1.61 bits per heavy atom. The molecule has 4 rings (SSSR count). The standard InChI is InChI=1S/C20H22ClFN2O.C11H13NO2.C3H8.C2H6/c1-12-6-4-7-13(10-12)24-19(25)17-15(11-23-20(17,2)3)14-8-5-9-16(21)18(14)22;1-8(2)11(14)9-3-5-10(6-4-9)12-7-13;1-3-2;1-2/h4-10,15,17,23H,11H2,1-3H3,(H,24,25);3-8H,1-2H3,(H,12,13);3H2,1-2H3;1-2H3. The number of Topliss-reactive ketones (excluding diaryl/α,β-unsaturated/α-hetero) is 1. The Bertz CT molecular complexity index is 1340. The zero-order valence-corrected chi connectivity index (χ0v) is 28.3. The molecule has 1 heterocycles. The number of hydrogen-bond acceptors (Lipinski definition) is 4. The van der Waals surface area contributed by atoms with Crippen molar-refractivity contribution in [1.29, 1.82) is 0 Å². The highest BCUT2D eigenvalue weighted by molar-refractivity contribution is 6.30. The third kappa shape index (κ3) is 11.2. The van der Waals surface area contributed by atoms with Crippen LogP contribution in [0.15, 0.2) is 66.7 Å². The molecule has 3 aromatic rings. The minimum atomic E-state index is -0.451. The first-order chi connectivity index (χ1) is 20.9. The Labute approximate surface area is 268 Å². The van der Waals surface area contributed by atoms with Crippen molar-refractivity contribution in [3.05, 3.63) is 94.3 Å². The average molecular weight is 626 g/mol. The molecule has 0 spiro atoms. The van der Waals surface area contributed by atoms with Crippen LogP contribution < -0.4 is 16.0 Å². The lowest BCUT2D eigenvalue weighted by Crippen LogP contribution is -2.44. The van der Waals surface area contributed by atoms with Gasteiger partial charge < -0.3 is 16.0 Å². The van der Waals surface area contributed by atoms with Gasteiger partial charge in [-0.15, -0.1) is 0 Å². The SMILES string of the molecule is CC.CC(C)C(=O)c1ccc(NC=O)cc1.CCC.Cc1cccc(NC(=O)C2C(c3cccc(Cl)c3F)CNC2(C)C)c1. The maximum atomic E-state index is 14.5. The topological polar surface area (TPSA) is 87.3 Å². The van der Waals surface area contributed by atoms with Crippen molar-refractivity contribution in [2.24, 2.45) is 11.8 Å². The molecular formula is C36H49ClFN3O3. The molecule has 0 aliphatic carbocycles. The van der Waals surface area contributed by atoms with E-state index in [4.69, 9.17) is 11.6 Å². The number of ketones is 1. The molecular weight excluding hydrogens is 577 g/mol. The number of rotatable bonds is 7. The molecule has 3 aromatic carbocycles. The molecule has 0 radical (unpaired) electrons. The summed E-state index contributed by atoms with van der Waals surface area (Å²) in [4.78, 5) is 34.7. The zero-order chi connectivity index (χ0) is 33.4. The number of carbonyl (C=O) groups is 3. The number of nitrogens with one attached hydrogen (secondary N) is 3. The van der Waals surface area contributed by atoms with E-state index in [9.17, 15) is 18.8 Å². The summed E-state index contributed by atoms with van der Waals surface area (Å²) in [5.74, 6) is -1.14. The first kappa shape index (κ1) is 38.5. The van der Waals surface area contributed by atoms with Gasteiger partial charge >= 0.3 is 0 Å². The summed E-state index contributed by atoms with van der Waals surface area (Å²) in [7, 11) is 0. The Kier molecular flexibility index (Phi) is 16.6. The normalized spacial score (nSPS) is 16.2. The van der Waals surface area contributed by atoms with E-state index in [2.05, 4.69) is 29.8 Å². The summed E-state index contributed by atoms with van der Waals surface area (Å²) < 4.78 is 14.5. The van der Waals surface area contributed by atoms with Crippen molar-refractivity contribution in [3.63, 3.8) is 0 Å². The third-order valence-electron chi connectivity index (χ3n) is 6.83. The fourth-order valence-electron chi connectivity index (χ4n) is 4.79. The molecule has 3 N–H and O–H groups in total. The molecule has 6 nitrogen and oxygen atoms in total. The third-order valence-corrected chi connectivity index (χ3v) is 7.12. The van der Waals surface area contributed by atoms with Gasteiger partial charge in [0, 0.05) is 40.9 Å². The summed E-state index contributed by atoms with van der Waals surface area (Å²) in [6.45, 7) is 18.4. The summed E-state index contributed by atoms with van der Waals surface area (Å²) in [6.07, 6.45) is 1.86. The summed E-state index contributed by atoms with van der Waals surface area (Å²) in [5.41, 5.74) is 3.22. The van der Waals surface area contributed by atoms with Crippen LogP contribution in [0.3, 0.4) is 0 Å². The van der Waals surface area contributed by atoms with Gasteiger partial charge in [0.2, 0.25) is 12.3 Å². The Hall–Kier alpha value is -3.55. The Balaban J connectivity index is 0.000000431. The fourth-order valence-corrected chi connectivity index (χ4v) is 4.97. The van der Waals surface area contributed by atoms with E-state index in [1.165, 1.54) is 12.5 Å². The summed E-state index contributed by atoms with van der Waals surface area (Å²) in [5, 5.41) is 8.92. The number of carbonyl (C=O) groups excluding carboxylic acids is 3. The monoisotopic (exact) mass is 625 g/mol. The predicted molar refractivity (Wildman–Crippen MR) is 182 cm³/mol. The van der Waals surface area contributed by atoms with E-state index >= 15 is 0 Å². The van der Waals surface area contributed by atoms with Crippen LogP contribution in [0.1, 0.15) is 89.2 Å². The highest BCUT2D eigenvalue weighted by atomic mass is 35.5. The summed E-state index contributed by atoms with van der Waals surface area (Å²) in [6, 6.07) is 19.5. The maximum Gasteiger partial charge on any atom is 0.230 e. The second-order valence-electron chi connectivity index (χ2n) is 11.3. The fraction of sp³-hybridized carbons (Fsp3) is 0.417. The van der Waals surface area contributed by atoms with Crippen molar-refractivity contribution in [3.8, 4) is 0 Å². The van der Waals surface area contributed by atoms with Crippen LogP contribution in [0.5, 0.6) is 0 Å². The van der Waals surface area contributed by atoms with Crippen LogP contribution >= 0.6 is 11.6 Å². The van der Waals surface area contributed by atoms with Crippen molar-refractivity contribution in [2.75, 3.05) is 17.2 Å². The highest BCUT2D eigenvalue weighted by Crippen LogP contribution is 2.40. The molecule has 240 valence electrons. The quantitative estimate of drug-likeness (QED) is 0.181. The van der Waals surface area contributed by atoms with Gasteiger partial charge in [-0.1, -0.05) is 83.8 Å². The number of aryl methyl sites for hydroxylation is 1. The molecule has 44 heavy (non-hydrogen) atoms. The lowest BCUT2D eigenvalue weighted by Gasteiger charge is -2.29. The van der Waals surface area contributed by atoms with Crippen LogP contribution in [0.25, 0.3) is 0 Å². The predicted octanol–water partition coefficient (Wildman–Crippen LogP) is 9.04. The van der Waals surface area contributed by atoms with Crippen molar-refractivity contribution < 1.29 is 18.8 Å². The number of hydrogen-bond donors (Lipinski definition) is 3. The lowest BCUT2D eigenvalue weighted by molar-refractivity contribution is -0.121. The molecule has 1 aliphatic heterocycles. The smallest absolute Gasteiger partial charge is 0.230 e. The number of amides is 2. The van der Waals surface area contributed by atoms with E-state index in [0.29, 0.717) is 29.8 Å². The Morgan fingerprint density at radius 3 is 2.16 bits per heavy atom. The summed E-state index contributed by atoms with van der Waals surface area (Å²) >= 11 is 5.94. The molecule has 1 saturated heterocycles. The molecule has 0 saturated carbocycles. The number of anilines is 2. The van der Waals surface area contributed by atoms with E-state index < -0.39 is 17.3 Å². The second kappa shape index (κ2) is 19.0. The van der Waals surface area contributed by atoms with E-state index in [1.54, 1.807) is 36.4 Å². The van der Waals surface area contributed by atoms with Gasteiger partial charge in [-0.3, -0.25) is 14.4 Å². The zero-order valence-electron chi connectivity index (χ0n) is 27.6. The molecule has 1 aliphatic rings. The minimum absolute atomic E-state index is 0.000111. The van der Waals surface area contributed by atoms with Gasteiger partial charge in [0.25, 0.3) is 0 Å². The van der Waals surface area contributed by atoms with Crippen molar-refractivity contribution in [2.45, 2.75) is 80.2 Å². The van der Waals surface area contributed by atoms with Crippen LogP contribution in [-0.4, -0.2) is 30.2 Å². The molecule has 2 atom stereocenters. The second-order valence-corrected chi connectivity index (χ2v) is 11.7. The van der Waals surface area contributed by atoms with E-state index in [-0.39, 0.29) is 28.5 Å². The van der Waals surface area contributed by atoms with Gasteiger partial charge in [0.05, 0.1) is 10.9 Å². The first-order valence-corrected chi connectivity index (χ1v) is 15.6. The molecule has 0 bridgehead atoms. The van der Waals surface area contributed by atoms with E-state index in [0.717, 1.165) is 11.3 Å². The van der Waals surface area contributed by atoms with Gasteiger partial charge in [-0.25, -0.2) is 4.39 Å². The average Bonchev–Trinajstić information content (AvgIpc) is 3.31. The molecule has 8 heteroatoms. The first-order valence-electron chi connectivity index (χ1n) is 15.3. The maximum absolute atomic E-state index is 14.5. The van der Waals surface area contributed by atoms with Crippen molar-refractivity contribution in [1.82, 2.24) is 5.32 Å². The molecule has 0 aromatic heterocycles. The van der Waals surface area contributed by atoms with Crippen LogP contribution in [0, 0.1) is 24.6 Å². The van der Waals surface area contributed by atoms with Crippen LogP contribution in [0.2, 0.25) is 5.02 Å². The Morgan fingerprint density at radius 1 is 1.02 bits per heavy atom. The van der Waals surface area contributed by atoms with Crippen LogP contribution in [-0.2, 0) is 9.59 Å².